The van der Waals surface area contributed by atoms with Crippen LogP contribution in [0.5, 0.6) is 11.5 Å². The Balaban J connectivity index is 1.36. The van der Waals surface area contributed by atoms with Crippen molar-refractivity contribution in [1.29, 1.82) is 0 Å². The standard InChI is InChI=1S/C31H21BrFN3O4/c1-38-26-10-5-11-27-23(26)16-29(40-27)30-35-25-9-3-2-8-22(25)31(37)36(30)34-17-19-12-13-28(24(32)15-19)39-18-20-6-4-7-21(33)14-20/h2-17H,18H2,1H3. The Labute approximate surface area is 236 Å². The second-order valence-corrected chi connectivity index (χ2v) is 9.76. The molecule has 0 unspecified atom stereocenters. The van der Waals surface area contributed by atoms with Gasteiger partial charge < -0.3 is 13.9 Å². The van der Waals surface area contributed by atoms with Crippen molar-refractivity contribution in [2.45, 2.75) is 6.61 Å². The minimum atomic E-state index is -0.335. The van der Waals surface area contributed by atoms with Gasteiger partial charge in [0.25, 0.3) is 5.56 Å². The van der Waals surface area contributed by atoms with Gasteiger partial charge in [-0.3, -0.25) is 4.79 Å². The van der Waals surface area contributed by atoms with Gasteiger partial charge in [-0.2, -0.15) is 9.78 Å². The molecule has 0 bridgehead atoms. The molecular formula is C31H21BrFN3O4. The summed E-state index contributed by atoms with van der Waals surface area (Å²) >= 11 is 3.52. The molecule has 0 aliphatic rings. The van der Waals surface area contributed by atoms with E-state index in [2.05, 4.69) is 21.0 Å². The topological polar surface area (TPSA) is 78.9 Å². The molecule has 2 heterocycles. The van der Waals surface area contributed by atoms with Gasteiger partial charge in [-0.25, -0.2) is 9.37 Å². The lowest BCUT2D eigenvalue weighted by Gasteiger charge is -2.09. The normalized spacial score (nSPS) is 11.5. The Morgan fingerprint density at radius 2 is 1.82 bits per heavy atom. The summed E-state index contributed by atoms with van der Waals surface area (Å²) in [7, 11) is 1.59. The van der Waals surface area contributed by atoms with Gasteiger partial charge in [0.15, 0.2) is 5.76 Å². The van der Waals surface area contributed by atoms with Crippen LogP contribution in [0.2, 0.25) is 0 Å². The summed E-state index contributed by atoms with van der Waals surface area (Å²) in [5.74, 6) is 1.55. The van der Waals surface area contributed by atoms with Gasteiger partial charge in [0.2, 0.25) is 5.82 Å². The fourth-order valence-corrected chi connectivity index (χ4v) is 4.85. The van der Waals surface area contributed by atoms with E-state index in [1.165, 1.54) is 16.8 Å². The van der Waals surface area contributed by atoms with Crippen LogP contribution in [-0.2, 0) is 6.61 Å². The fraction of sp³-hybridized carbons (Fsp3) is 0.0645. The number of ether oxygens (including phenoxy) is 2. The molecule has 7 nitrogen and oxygen atoms in total. The first kappa shape index (κ1) is 25.5. The molecule has 0 amide bonds. The largest absolute Gasteiger partial charge is 0.496 e. The summed E-state index contributed by atoms with van der Waals surface area (Å²) in [6, 6.07) is 26.0. The number of halogens is 2. The van der Waals surface area contributed by atoms with Crippen molar-refractivity contribution in [3.05, 3.63) is 123 Å². The molecule has 40 heavy (non-hydrogen) atoms. The van der Waals surface area contributed by atoms with Crippen molar-refractivity contribution in [3.63, 3.8) is 0 Å². The Morgan fingerprint density at radius 3 is 2.65 bits per heavy atom. The van der Waals surface area contributed by atoms with Crippen LogP contribution < -0.4 is 15.0 Å². The lowest BCUT2D eigenvalue weighted by Crippen LogP contribution is -2.20. The van der Waals surface area contributed by atoms with Crippen LogP contribution in [0.25, 0.3) is 33.5 Å². The maximum Gasteiger partial charge on any atom is 0.282 e. The average molecular weight is 598 g/mol. The first-order valence-corrected chi connectivity index (χ1v) is 13.1. The maximum absolute atomic E-state index is 13.5. The van der Waals surface area contributed by atoms with Crippen LogP contribution >= 0.6 is 15.9 Å². The number of hydrogen-bond acceptors (Lipinski definition) is 6. The van der Waals surface area contributed by atoms with Crippen molar-refractivity contribution in [2.24, 2.45) is 5.10 Å². The SMILES string of the molecule is COc1cccc2oc(-c3nc4ccccc4c(=O)n3N=Cc3ccc(OCc4cccc(F)c4)c(Br)c3)cc12. The summed E-state index contributed by atoms with van der Waals surface area (Å²) in [6.45, 7) is 0.216. The zero-order chi connectivity index (χ0) is 27.6. The van der Waals surface area contributed by atoms with Crippen LogP contribution in [0.15, 0.2) is 110 Å². The van der Waals surface area contributed by atoms with E-state index in [1.54, 1.807) is 61.9 Å². The highest BCUT2D eigenvalue weighted by Crippen LogP contribution is 2.33. The minimum Gasteiger partial charge on any atom is -0.496 e. The van der Waals surface area contributed by atoms with Gasteiger partial charge in [-0.1, -0.05) is 30.3 Å². The molecule has 0 N–H and O–H groups in total. The third kappa shape index (κ3) is 4.99. The lowest BCUT2D eigenvalue weighted by molar-refractivity contribution is 0.303. The van der Waals surface area contributed by atoms with E-state index < -0.39 is 0 Å². The number of rotatable bonds is 7. The molecule has 0 aliphatic heterocycles. The number of hydrogen-bond donors (Lipinski definition) is 0. The third-order valence-corrected chi connectivity index (χ3v) is 6.90. The van der Waals surface area contributed by atoms with E-state index in [0.29, 0.717) is 43.8 Å². The summed E-state index contributed by atoms with van der Waals surface area (Å²) in [6.07, 6.45) is 1.56. The second-order valence-electron chi connectivity index (χ2n) is 8.91. The second kappa shape index (κ2) is 10.8. The molecule has 0 atom stereocenters. The number of furan rings is 1. The quantitative estimate of drug-likeness (QED) is 0.182. The molecule has 9 heteroatoms. The van der Waals surface area contributed by atoms with Gasteiger partial charge in [-0.05, 0) is 87.7 Å². The number of benzene rings is 4. The highest BCUT2D eigenvalue weighted by atomic mass is 79.9. The van der Waals surface area contributed by atoms with E-state index in [4.69, 9.17) is 18.9 Å². The number of fused-ring (bicyclic) bond motifs is 2. The van der Waals surface area contributed by atoms with Gasteiger partial charge >= 0.3 is 0 Å². The highest BCUT2D eigenvalue weighted by Gasteiger charge is 2.18. The molecule has 2 aromatic heterocycles. The first-order valence-electron chi connectivity index (χ1n) is 12.3. The number of nitrogens with zero attached hydrogens (tertiary/aromatic N) is 3. The lowest BCUT2D eigenvalue weighted by atomic mass is 10.2. The molecule has 4 aromatic carbocycles. The van der Waals surface area contributed by atoms with Crippen molar-refractivity contribution in [1.82, 2.24) is 9.66 Å². The van der Waals surface area contributed by atoms with Crippen molar-refractivity contribution < 1.29 is 18.3 Å². The molecular weight excluding hydrogens is 577 g/mol. The molecule has 0 aliphatic carbocycles. The molecule has 6 aromatic rings. The highest BCUT2D eigenvalue weighted by molar-refractivity contribution is 9.10. The molecule has 0 saturated carbocycles. The zero-order valence-electron chi connectivity index (χ0n) is 21.2. The zero-order valence-corrected chi connectivity index (χ0v) is 22.8. The number of methoxy groups -OCH3 is 1. The van der Waals surface area contributed by atoms with Gasteiger partial charge in [-0.15, -0.1) is 0 Å². The first-order chi connectivity index (χ1) is 19.5. The molecule has 0 spiro atoms. The van der Waals surface area contributed by atoms with Crippen molar-refractivity contribution in [2.75, 3.05) is 7.11 Å². The maximum atomic E-state index is 13.5. The number of aromatic nitrogens is 2. The van der Waals surface area contributed by atoms with Crippen LogP contribution in [0, 0.1) is 5.82 Å². The van der Waals surface area contributed by atoms with Gasteiger partial charge in [0.05, 0.1) is 34.1 Å². The smallest absolute Gasteiger partial charge is 0.282 e. The minimum absolute atomic E-state index is 0.216. The van der Waals surface area contributed by atoms with E-state index in [0.717, 1.165) is 10.9 Å². The molecule has 198 valence electrons. The third-order valence-electron chi connectivity index (χ3n) is 6.28. The van der Waals surface area contributed by atoms with Gasteiger partial charge in [0, 0.05) is 0 Å². The summed E-state index contributed by atoms with van der Waals surface area (Å²) < 4.78 is 32.8. The Bertz CT molecular complexity index is 1960. The monoisotopic (exact) mass is 597 g/mol. The van der Waals surface area contributed by atoms with Crippen molar-refractivity contribution in [3.8, 4) is 23.1 Å². The Morgan fingerprint density at radius 1 is 0.975 bits per heavy atom. The number of para-hydroxylation sites is 1. The van der Waals surface area contributed by atoms with Crippen LogP contribution in [-0.4, -0.2) is 23.0 Å². The molecule has 6 rings (SSSR count). The van der Waals surface area contributed by atoms with E-state index in [9.17, 15) is 9.18 Å². The Kier molecular flexibility index (Phi) is 6.88. The average Bonchev–Trinajstić information content (AvgIpc) is 3.41. The van der Waals surface area contributed by atoms with E-state index in [-0.39, 0.29) is 23.8 Å². The predicted octanol–water partition coefficient (Wildman–Crippen LogP) is 7.18. The van der Waals surface area contributed by atoms with Crippen molar-refractivity contribution >= 4 is 44.0 Å². The predicted molar refractivity (Wildman–Crippen MR) is 156 cm³/mol. The summed E-state index contributed by atoms with van der Waals surface area (Å²) in [4.78, 5) is 18.3. The summed E-state index contributed by atoms with van der Waals surface area (Å²) in [5.41, 5.74) is 2.23. The molecule has 0 saturated heterocycles. The van der Waals surface area contributed by atoms with Crippen LogP contribution in [0.1, 0.15) is 11.1 Å². The Hall–Kier alpha value is -4.76. The fourth-order valence-electron chi connectivity index (χ4n) is 4.34. The van der Waals surface area contributed by atoms with E-state index >= 15 is 0 Å². The summed E-state index contributed by atoms with van der Waals surface area (Å²) in [5, 5.41) is 5.70. The molecule has 0 fully saturated rings. The van der Waals surface area contributed by atoms with Crippen LogP contribution in [0.3, 0.4) is 0 Å². The van der Waals surface area contributed by atoms with E-state index in [1.807, 2.05) is 30.3 Å². The molecule has 0 radical (unpaired) electrons. The van der Waals surface area contributed by atoms with Crippen LogP contribution in [0.4, 0.5) is 4.39 Å². The van der Waals surface area contributed by atoms with Gasteiger partial charge in [0.1, 0.15) is 29.5 Å².